The number of aliphatic hydroxyl groups excluding tert-OH is 1. The predicted molar refractivity (Wildman–Crippen MR) is 82.0 cm³/mol. The fourth-order valence-corrected chi connectivity index (χ4v) is 2.70. The van der Waals surface area contributed by atoms with Crippen molar-refractivity contribution in [1.29, 1.82) is 0 Å². The molecular weight excluding hydrogens is 286 g/mol. The van der Waals surface area contributed by atoms with E-state index in [1.165, 1.54) is 11.3 Å². The zero-order valence-corrected chi connectivity index (χ0v) is 12.8. The maximum atomic E-state index is 12.1. The van der Waals surface area contributed by atoms with Gasteiger partial charge in [0.2, 0.25) is 0 Å². The van der Waals surface area contributed by atoms with Crippen molar-refractivity contribution in [2.24, 2.45) is 7.05 Å². The van der Waals surface area contributed by atoms with Gasteiger partial charge in [0, 0.05) is 19.7 Å². The van der Waals surface area contributed by atoms with Gasteiger partial charge in [0.25, 0.3) is 5.91 Å². The molecule has 0 fully saturated rings. The van der Waals surface area contributed by atoms with Crippen LogP contribution in [0.2, 0.25) is 0 Å². The fraction of sp³-hybridized carbons (Fsp3) is 0.333. The molecule has 0 saturated carbocycles. The molecule has 1 amide bonds. The topological polar surface area (TPSA) is 67.2 Å². The Labute approximate surface area is 127 Å². The molecule has 0 aliphatic rings. The summed E-state index contributed by atoms with van der Waals surface area (Å²) in [5, 5.41) is 15.8. The summed E-state index contributed by atoms with van der Waals surface area (Å²) in [6, 6.07) is 3.70. The molecular formula is C15H17N3O2S. The van der Waals surface area contributed by atoms with Gasteiger partial charge in [0.15, 0.2) is 0 Å². The summed E-state index contributed by atoms with van der Waals surface area (Å²) in [4.78, 5) is 13.6. The van der Waals surface area contributed by atoms with E-state index < -0.39 is 0 Å². The summed E-state index contributed by atoms with van der Waals surface area (Å²) in [7, 11) is 1.84. The number of aliphatic hydroxyl groups is 1. The first-order chi connectivity index (χ1) is 10.1. The van der Waals surface area contributed by atoms with E-state index in [1.807, 2.05) is 32.3 Å². The van der Waals surface area contributed by atoms with Crippen LogP contribution in [0.15, 0.2) is 18.3 Å². The van der Waals surface area contributed by atoms with Crippen molar-refractivity contribution in [3.8, 4) is 11.8 Å². The van der Waals surface area contributed by atoms with Gasteiger partial charge in [-0.2, -0.15) is 5.10 Å². The Morgan fingerprint density at radius 1 is 1.57 bits per heavy atom. The van der Waals surface area contributed by atoms with E-state index in [-0.39, 0.29) is 12.5 Å². The van der Waals surface area contributed by atoms with Crippen LogP contribution >= 0.6 is 11.3 Å². The quantitative estimate of drug-likeness (QED) is 0.840. The van der Waals surface area contributed by atoms with Crippen LogP contribution in [-0.2, 0) is 13.6 Å². The molecule has 2 N–H and O–H groups in total. The molecule has 21 heavy (non-hydrogen) atoms. The van der Waals surface area contributed by atoms with Gasteiger partial charge in [0.1, 0.15) is 0 Å². The number of nitrogens with one attached hydrogen (secondary N) is 1. The standard InChI is InChI=1S/C15H17N3O2S/c1-11-9-14(21-13(11)5-3-4-8-19)15(20)16-10-12-6-7-18(2)17-12/h6-7,9,19H,4,8,10H2,1-2H3,(H,16,20). The molecule has 2 aromatic rings. The van der Waals surface area contributed by atoms with Gasteiger partial charge in [0.05, 0.1) is 28.6 Å². The van der Waals surface area contributed by atoms with E-state index in [4.69, 9.17) is 5.11 Å². The zero-order chi connectivity index (χ0) is 15.2. The third-order valence-corrected chi connectivity index (χ3v) is 3.93. The molecule has 110 valence electrons. The number of carbonyl (C=O) groups excluding carboxylic acids is 1. The number of carbonyl (C=O) groups is 1. The highest BCUT2D eigenvalue weighted by atomic mass is 32.1. The van der Waals surface area contributed by atoms with Crippen molar-refractivity contribution in [3.63, 3.8) is 0 Å². The highest BCUT2D eigenvalue weighted by Crippen LogP contribution is 2.21. The Balaban J connectivity index is 2.00. The number of hydrogen-bond acceptors (Lipinski definition) is 4. The van der Waals surface area contributed by atoms with E-state index >= 15 is 0 Å². The maximum absolute atomic E-state index is 12.1. The first kappa shape index (κ1) is 15.3. The van der Waals surface area contributed by atoms with E-state index in [0.717, 1.165) is 16.1 Å². The van der Waals surface area contributed by atoms with Crippen LogP contribution in [0.3, 0.4) is 0 Å². The van der Waals surface area contributed by atoms with Gasteiger partial charge in [-0.1, -0.05) is 11.8 Å². The summed E-state index contributed by atoms with van der Waals surface area (Å²) in [6.07, 6.45) is 2.28. The molecule has 0 saturated heterocycles. The smallest absolute Gasteiger partial charge is 0.261 e. The Morgan fingerprint density at radius 3 is 3.05 bits per heavy atom. The molecule has 6 heteroatoms. The summed E-state index contributed by atoms with van der Waals surface area (Å²) < 4.78 is 1.70. The van der Waals surface area contributed by atoms with Crippen molar-refractivity contribution in [3.05, 3.63) is 39.3 Å². The lowest BCUT2D eigenvalue weighted by atomic mass is 10.2. The number of nitrogens with zero attached hydrogens (tertiary/aromatic N) is 2. The maximum Gasteiger partial charge on any atom is 0.261 e. The summed E-state index contributed by atoms with van der Waals surface area (Å²) in [6.45, 7) is 2.38. The summed E-state index contributed by atoms with van der Waals surface area (Å²) in [5.41, 5.74) is 1.80. The van der Waals surface area contributed by atoms with Crippen LogP contribution in [-0.4, -0.2) is 27.4 Å². The molecule has 5 nitrogen and oxygen atoms in total. The number of rotatable bonds is 4. The minimum Gasteiger partial charge on any atom is -0.395 e. The number of aromatic nitrogens is 2. The molecule has 0 radical (unpaired) electrons. The number of hydrogen-bond donors (Lipinski definition) is 2. The molecule has 2 heterocycles. The minimum absolute atomic E-state index is 0.0504. The second-order valence-corrected chi connectivity index (χ2v) is 5.61. The van der Waals surface area contributed by atoms with Gasteiger partial charge in [-0.15, -0.1) is 11.3 Å². The molecule has 2 aromatic heterocycles. The number of amides is 1. The molecule has 0 aromatic carbocycles. The van der Waals surface area contributed by atoms with Crippen LogP contribution in [0.5, 0.6) is 0 Å². The van der Waals surface area contributed by atoms with Crippen molar-refractivity contribution >= 4 is 17.2 Å². The van der Waals surface area contributed by atoms with Crippen LogP contribution < -0.4 is 5.32 Å². The predicted octanol–water partition coefficient (Wildman–Crippen LogP) is 1.45. The Bertz CT molecular complexity index is 691. The van der Waals surface area contributed by atoms with E-state index in [0.29, 0.717) is 17.8 Å². The van der Waals surface area contributed by atoms with Gasteiger partial charge in [-0.05, 0) is 24.6 Å². The Kier molecular flexibility index (Phi) is 5.14. The Hall–Kier alpha value is -2.10. The van der Waals surface area contributed by atoms with Gasteiger partial charge >= 0.3 is 0 Å². The van der Waals surface area contributed by atoms with Gasteiger partial charge in [-0.25, -0.2) is 0 Å². The van der Waals surface area contributed by atoms with Crippen LogP contribution in [0.4, 0.5) is 0 Å². The second-order valence-electron chi connectivity index (χ2n) is 4.56. The highest BCUT2D eigenvalue weighted by Gasteiger charge is 2.11. The SMILES string of the molecule is Cc1cc(C(=O)NCc2ccn(C)n2)sc1C#CCCO. The third kappa shape index (κ3) is 4.18. The van der Waals surface area contributed by atoms with E-state index in [1.54, 1.807) is 4.68 Å². The zero-order valence-electron chi connectivity index (χ0n) is 12.0. The van der Waals surface area contributed by atoms with Crippen molar-refractivity contribution in [1.82, 2.24) is 15.1 Å². The molecule has 0 spiro atoms. The average Bonchev–Trinajstić information content (AvgIpc) is 3.03. The Morgan fingerprint density at radius 2 is 2.38 bits per heavy atom. The number of aryl methyl sites for hydroxylation is 2. The lowest BCUT2D eigenvalue weighted by Crippen LogP contribution is -2.22. The normalized spacial score (nSPS) is 10.0. The van der Waals surface area contributed by atoms with Crippen molar-refractivity contribution in [2.75, 3.05) is 6.61 Å². The fourth-order valence-electron chi connectivity index (χ4n) is 1.73. The van der Waals surface area contributed by atoms with Gasteiger partial charge in [-0.3, -0.25) is 9.48 Å². The second kappa shape index (κ2) is 7.07. The first-order valence-electron chi connectivity index (χ1n) is 6.57. The largest absolute Gasteiger partial charge is 0.395 e. The highest BCUT2D eigenvalue weighted by molar-refractivity contribution is 7.14. The third-order valence-electron chi connectivity index (χ3n) is 2.78. The summed E-state index contributed by atoms with van der Waals surface area (Å²) in [5.74, 6) is 5.73. The molecule has 0 bridgehead atoms. The van der Waals surface area contributed by atoms with Crippen LogP contribution in [0.25, 0.3) is 0 Å². The minimum atomic E-state index is -0.121. The summed E-state index contributed by atoms with van der Waals surface area (Å²) >= 11 is 1.37. The first-order valence-corrected chi connectivity index (χ1v) is 7.38. The van der Waals surface area contributed by atoms with Gasteiger partial charge < -0.3 is 10.4 Å². The molecule has 0 aliphatic heterocycles. The van der Waals surface area contributed by atoms with E-state index in [2.05, 4.69) is 22.3 Å². The lowest BCUT2D eigenvalue weighted by Gasteiger charge is -2.00. The molecule has 0 unspecified atom stereocenters. The molecule has 0 atom stereocenters. The van der Waals surface area contributed by atoms with Crippen LogP contribution in [0.1, 0.15) is 32.2 Å². The van der Waals surface area contributed by atoms with E-state index in [9.17, 15) is 4.79 Å². The average molecular weight is 303 g/mol. The van der Waals surface area contributed by atoms with Crippen LogP contribution in [0, 0.1) is 18.8 Å². The molecule has 0 aliphatic carbocycles. The lowest BCUT2D eigenvalue weighted by molar-refractivity contribution is 0.0954. The molecule has 2 rings (SSSR count). The van der Waals surface area contributed by atoms with Crippen molar-refractivity contribution < 1.29 is 9.90 Å². The monoisotopic (exact) mass is 303 g/mol. The van der Waals surface area contributed by atoms with Crippen molar-refractivity contribution in [2.45, 2.75) is 19.9 Å². The number of thiophene rings is 1.